The minimum atomic E-state index is -0.494. The molecule has 0 aliphatic carbocycles. The topological polar surface area (TPSA) is 106 Å². The number of aryl methyl sites for hydroxylation is 1. The van der Waals surface area contributed by atoms with E-state index < -0.39 is 11.0 Å². The van der Waals surface area contributed by atoms with Crippen LogP contribution in [0.15, 0.2) is 18.5 Å². The first kappa shape index (κ1) is 14.4. The molecule has 22 heavy (non-hydrogen) atoms. The highest BCUT2D eigenvalue weighted by molar-refractivity contribution is 7.18. The van der Waals surface area contributed by atoms with Crippen molar-refractivity contribution in [1.29, 1.82) is 0 Å². The number of anilines is 2. The fourth-order valence-corrected chi connectivity index (χ4v) is 3.03. The third kappa shape index (κ3) is 2.77. The van der Waals surface area contributed by atoms with Crippen LogP contribution in [-0.2, 0) is 11.8 Å². The molecule has 1 amide bonds. The van der Waals surface area contributed by atoms with Gasteiger partial charge in [-0.1, -0.05) is 0 Å². The fourth-order valence-electron chi connectivity index (χ4n) is 2.35. The smallest absolute Gasteiger partial charge is 0.345 e. The van der Waals surface area contributed by atoms with Crippen molar-refractivity contribution >= 4 is 33.2 Å². The quantitative estimate of drug-likeness (QED) is 0.673. The predicted molar refractivity (Wildman–Crippen MR) is 81.0 cm³/mol. The second kappa shape index (κ2) is 5.72. The summed E-state index contributed by atoms with van der Waals surface area (Å²) < 4.78 is 1.64. The standard InChI is InChI=1S/C12H14N6O3S/c1-16-6-4-9(15-16)17-5-2-3-8(11(17)19)14-12-13-7-10(22-12)18(20)21/h4,6-8H,2-3,5H2,1H3,(H,13,14)/t8-/m0/s1. The lowest BCUT2D eigenvalue weighted by Crippen LogP contribution is -2.48. The minimum absolute atomic E-state index is 0.0488. The Morgan fingerprint density at radius 2 is 2.36 bits per heavy atom. The molecule has 9 nitrogen and oxygen atoms in total. The van der Waals surface area contributed by atoms with Crippen molar-refractivity contribution in [2.75, 3.05) is 16.8 Å². The zero-order chi connectivity index (χ0) is 15.7. The molecule has 2 aromatic heterocycles. The van der Waals surface area contributed by atoms with E-state index in [0.717, 1.165) is 17.8 Å². The zero-order valence-electron chi connectivity index (χ0n) is 11.8. The molecule has 116 valence electrons. The molecule has 1 aliphatic rings. The van der Waals surface area contributed by atoms with Crippen LogP contribution in [0.3, 0.4) is 0 Å². The first-order chi connectivity index (χ1) is 10.5. The summed E-state index contributed by atoms with van der Waals surface area (Å²) in [5.41, 5.74) is 0. The van der Waals surface area contributed by atoms with E-state index in [1.165, 1.54) is 6.20 Å². The fraction of sp³-hybridized carbons (Fsp3) is 0.417. The monoisotopic (exact) mass is 322 g/mol. The molecule has 0 aromatic carbocycles. The van der Waals surface area contributed by atoms with Crippen molar-refractivity contribution in [3.8, 4) is 0 Å². The second-order valence-electron chi connectivity index (χ2n) is 4.94. The highest BCUT2D eigenvalue weighted by Crippen LogP contribution is 2.27. The van der Waals surface area contributed by atoms with Crippen LogP contribution in [0, 0.1) is 10.1 Å². The van der Waals surface area contributed by atoms with Gasteiger partial charge in [0.15, 0.2) is 10.9 Å². The number of carbonyl (C=O) groups is 1. The maximum atomic E-state index is 12.5. The summed E-state index contributed by atoms with van der Waals surface area (Å²) in [4.78, 5) is 28.3. The van der Waals surface area contributed by atoms with Gasteiger partial charge in [0, 0.05) is 25.9 Å². The SMILES string of the molecule is Cn1ccc(N2CCC[C@H](Nc3ncc([N+](=O)[O-])s3)C2=O)n1. The third-order valence-electron chi connectivity index (χ3n) is 3.39. The number of carbonyl (C=O) groups excluding carboxylic acids is 1. The Kier molecular flexibility index (Phi) is 3.75. The van der Waals surface area contributed by atoms with E-state index in [2.05, 4.69) is 15.4 Å². The van der Waals surface area contributed by atoms with Crippen molar-refractivity contribution in [2.24, 2.45) is 7.05 Å². The van der Waals surface area contributed by atoms with E-state index >= 15 is 0 Å². The minimum Gasteiger partial charge on any atom is -0.350 e. The molecule has 0 spiro atoms. The van der Waals surface area contributed by atoms with Crippen LogP contribution in [0.25, 0.3) is 0 Å². The van der Waals surface area contributed by atoms with Gasteiger partial charge in [-0.2, -0.15) is 5.10 Å². The van der Waals surface area contributed by atoms with E-state index in [1.54, 1.807) is 28.9 Å². The van der Waals surface area contributed by atoms with Gasteiger partial charge in [-0.05, 0) is 24.2 Å². The molecule has 1 aliphatic heterocycles. The summed E-state index contributed by atoms with van der Waals surface area (Å²) in [6.07, 6.45) is 4.46. The molecule has 0 saturated carbocycles. The average molecular weight is 322 g/mol. The molecule has 1 fully saturated rings. The lowest BCUT2D eigenvalue weighted by Gasteiger charge is -2.30. The number of amides is 1. The molecule has 0 bridgehead atoms. The van der Waals surface area contributed by atoms with Crippen LogP contribution in [0.5, 0.6) is 0 Å². The summed E-state index contributed by atoms with van der Waals surface area (Å²) in [7, 11) is 1.79. The van der Waals surface area contributed by atoms with Crippen LogP contribution >= 0.6 is 11.3 Å². The lowest BCUT2D eigenvalue weighted by molar-refractivity contribution is -0.380. The summed E-state index contributed by atoms with van der Waals surface area (Å²) in [6.45, 7) is 0.617. The van der Waals surface area contributed by atoms with E-state index in [9.17, 15) is 14.9 Å². The van der Waals surface area contributed by atoms with Gasteiger partial charge in [0.05, 0.1) is 4.92 Å². The van der Waals surface area contributed by atoms with E-state index in [-0.39, 0.29) is 10.9 Å². The van der Waals surface area contributed by atoms with Crippen molar-refractivity contribution < 1.29 is 9.72 Å². The number of rotatable bonds is 4. The van der Waals surface area contributed by atoms with Gasteiger partial charge in [0.1, 0.15) is 12.2 Å². The number of thiazole rings is 1. The molecular formula is C12H14N6O3S. The van der Waals surface area contributed by atoms with E-state index in [1.807, 2.05) is 0 Å². The summed E-state index contributed by atoms with van der Waals surface area (Å²) >= 11 is 0.926. The van der Waals surface area contributed by atoms with Gasteiger partial charge >= 0.3 is 5.00 Å². The van der Waals surface area contributed by atoms with Crippen molar-refractivity contribution in [3.63, 3.8) is 0 Å². The predicted octanol–water partition coefficient (Wildman–Crippen LogP) is 1.39. The molecule has 1 atom stereocenters. The summed E-state index contributed by atoms with van der Waals surface area (Å²) in [5.74, 6) is 0.520. The van der Waals surface area contributed by atoms with Gasteiger partial charge < -0.3 is 5.32 Å². The Balaban J connectivity index is 1.73. The number of hydrogen-bond acceptors (Lipinski definition) is 7. The van der Waals surface area contributed by atoms with E-state index in [0.29, 0.717) is 23.9 Å². The van der Waals surface area contributed by atoms with Crippen LogP contribution in [0.4, 0.5) is 16.0 Å². The van der Waals surface area contributed by atoms with Gasteiger partial charge in [-0.15, -0.1) is 0 Å². The molecule has 3 rings (SSSR count). The number of piperidine rings is 1. The molecular weight excluding hydrogens is 308 g/mol. The van der Waals surface area contributed by atoms with Gasteiger partial charge in [-0.25, -0.2) is 4.98 Å². The Morgan fingerprint density at radius 1 is 1.55 bits per heavy atom. The molecule has 0 radical (unpaired) electrons. The Labute approximate surface area is 129 Å². The van der Waals surface area contributed by atoms with Gasteiger partial charge in [0.25, 0.3) is 5.91 Å². The Bertz CT molecular complexity index is 711. The molecule has 1 N–H and O–H groups in total. The number of hydrogen-bond donors (Lipinski definition) is 1. The van der Waals surface area contributed by atoms with Crippen molar-refractivity contribution in [1.82, 2.24) is 14.8 Å². The molecule has 2 aromatic rings. The van der Waals surface area contributed by atoms with Crippen LogP contribution in [0.1, 0.15) is 12.8 Å². The highest BCUT2D eigenvalue weighted by Gasteiger charge is 2.31. The number of nitrogens with zero attached hydrogens (tertiary/aromatic N) is 5. The summed E-state index contributed by atoms with van der Waals surface area (Å²) in [5, 5.41) is 18.2. The van der Waals surface area contributed by atoms with Crippen LogP contribution in [0.2, 0.25) is 0 Å². The summed E-state index contributed by atoms with van der Waals surface area (Å²) in [6, 6.07) is 1.34. The number of nitro groups is 1. The average Bonchev–Trinajstić information content (AvgIpc) is 3.10. The molecule has 0 unspecified atom stereocenters. The van der Waals surface area contributed by atoms with Crippen molar-refractivity contribution in [2.45, 2.75) is 18.9 Å². The second-order valence-corrected chi connectivity index (χ2v) is 5.95. The Morgan fingerprint density at radius 3 is 3.00 bits per heavy atom. The molecule has 1 saturated heterocycles. The zero-order valence-corrected chi connectivity index (χ0v) is 12.6. The van der Waals surface area contributed by atoms with E-state index in [4.69, 9.17) is 0 Å². The van der Waals surface area contributed by atoms with Gasteiger partial charge in [-0.3, -0.25) is 24.5 Å². The number of aromatic nitrogens is 3. The van der Waals surface area contributed by atoms with Crippen LogP contribution < -0.4 is 10.2 Å². The maximum absolute atomic E-state index is 12.5. The molecule has 3 heterocycles. The molecule has 10 heteroatoms. The first-order valence-corrected chi connectivity index (χ1v) is 7.54. The third-order valence-corrected chi connectivity index (χ3v) is 4.27. The highest BCUT2D eigenvalue weighted by atomic mass is 32.1. The lowest BCUT2D eigenvalue weighted by atomic mass is 10.1. The normalized spacial score (nSPS) is 18.5. The largest absolute Gasteiger partial charge is 0.350 e. The van der Waals surface area contributed by atoms with Gasteiger partial charge in [0.2, 0.25) is 0 Å². The maximum Gasteiger partial charge on any atom is 0.345 e. The Hall–Kier alpha value is -2.49. The van der Waals surface area contributed by atoms with Crippen molar-refractivity contribution in [3.05, 3.63) is 28.6 Å². The first-order valence-electron chi connectivity index (χ1n) is 6.72. The number of nitrogens with one attached hydrogen (secondary N) is 1. The van der Waals surface area contributed by atoms with Crippen LogP contribution in [-0.4, -0.2) is 38.2 Å².